The van der Waals surface area contributed by atoms with Gasteiger partial charge in [0.25, 0.3) is 0 Å². The molecule has 0 rings (SSSR count). The van der Waals surface area contributed by atoms with Crippen LogP contribution in [0.4, 0.5) is 30.7 Å². The van der Waals surface area contributed by atoms with Gasteiger partial charge < -0.3 is 0 Å². The molecular weight excluding hydrogens is 257 g/mol. The fourth-order valence-corrected chi connectivity index (χ4v) is 2.51. The van der Waals surface area contributed by atoms with Crippen LogP contribution in [0.5, 0.6) is 0 Å². The van der Waals surface area contributed by atoms with Gasteiger partial charge >= 0.3 is 18.0 Å². The highest BCUT2D eigenvalue weighted by Gasteiger charge is 2.74. The monoisotopic (exact) mass is 268 g/mol. The zero-order valence-corrected chi connectivity index (χ0v) is 9.84. The lowest BCUT2D eigenvalue weighted by Gasteiger charge is -2.33. The second-order valence-electron chi connectivity index (χ2n) is 3.32. The fraction of sp³-hybridized carbons (Fsp3) is 0.750. The molecule has 0 aromatic carbocycles. The second-order valence-corrected chi connectivity index (χ2v) is 5.36. The molecule has 0 radical (unpaired) electrons. The first kappa shape index (κ1) is 15.5. The molecule has 0 aliphatic rings. The molecule has 0 aliphatic heterocycles. The predicted octanol–water partition coefficient (Wildman–Crippen LogP) is 3.33. The van der Waals surface area contributed by atoms with E-state index >= 15 is 0 Å². The zero-order chi connectivity index (χ0) is 13.2. The lowest BCUT2D eigenvalue weighted by atomic mass is 10.1. The Labute approximate surface area is 90.3 Å². The van der Waals surface area contributed by atoms with E-state index in [1.165, 1.54) is 0 Å². The van der Waals surface area contributed by atoms with Crippen molar-refractivity contribution < 1.29 is 30.7 Å². The topological polar surface area (TPSA) is 0 Å². The molecule has 1 atom stereocenters. The molecule has 0 aliphatic carbocycles. The van der Waals surface area contributed by atoms with Gasteiger partial charge in [-0.2, -0.15) is 30.7 Å². The molecule has 0 amide bonds. The number of hydrogen-bond acceptors (Lipinski definition) is 0. The van der Waals surface area contributed by atoms with Crippen LogP contribution in [-0.2, 0) is 0 Å². The molecule has 0 spiro atoms. The van der Waals surface area contributed by atoms with E-state index in [1.54, 1.807) is 0 Å². The summed E-state index contributed by atoms with van der Waals surface area (Å²) >= 11 is 0. The van der Waals surface area contributed by atoms with Gasteiger partial charge in [0.05, 0.1) is 9.52 Å². The first-order chi connectivity index (χ1) is 7.02. The lowest BCUT2D eigenvalue weighted by molar-refractivity contribution is -0.355. The first-order valence-corrected chi connectivity index (χ1v) is 6.08. The highest BCUT2D eigenvalue weighted by Crippen LogP contribution is 2.52. The largest absolute Gasteiger partial charge is 0.459 e. The molecule has 0 fully saturated rings. The SMILES string of the molecule is C=C[SiH2]C(CC)C(F)(F)C(F)(F)C(F)(F)F. The Balaban J connectivity index is 5.22. The van der Waals surface area contributed by atoms with Crippen LogP contribution in [0.15, 0.2) is 12.3 Å². The zero-order valence-electron chi connectivity index (χ0n) is 8.42. The molecule has 96 valence electrons. The Bertz CT molecular complexity index is 245. The minimum Gasteiger partial charge on any atom is -0.200 e. The van der Waals surface area contributed by atoms with Gasteiger partial charge in [0.15, 0.2) is 0 Å². The summed E-state index contributed by atoms with van der Waals surface area (Å²) in [7, 11) is -1.87. The van der Waals surface area contributed by atoms with Crippen LogP contribution in [-0.4, -0.2) is 27.5 Å². The van der Waals surface area contributed by atoms with E-state index in [9.17, 15) is 30.7 Å². The first-order valence-electron chi connectivity index (χ1n) is 4.45. The minimum absolute atomic E-state index is 0.434. The Morgan fingerprint density at radius 2 is 1.56 bits per heavy atom. The van der Waals surface area contributed by atoms with Gasteiger partial charge in [0.1, 0.15) is 0 Å². The standard InChI is InChI=1S/C8H11F7Si/c1-3-5(16-4-2)6(9,10)7(11,12)8(13,14)15/h4-5H,2-3,16H2,1H3. The van der Waals surface area contributed by atoms with Crippen molar-refractivity contribution in [1.82, 2.24) is 0 Å². The van der Waals surface area contributed by atoms with Crippen molar-refractivity contribution in [2.75, 3.05) is 0 Å². The molecule has 0 heterocycles. The summed E-state index contributed by atoms with van der Waals surface area (Å²) < 4.78 is 86.8. The Morgan fingerprint density at radius 3 is 1.81 bits per heavy atom. The smallest absolute Gasteiger partial charge is 0.200 e. The van der Waals surface area contributed by atoms with E-state index in [2.05, 4.69) is 6.58 Å². The molecule has 0 saturated heterocycles. The maximum Gasteiger partial charge on any atom is 0.459 e. The van der Waals surface area contributed by atoms with Gasteiger partial charge in [0, 0.05) is 5.54 Å². The summed E-state index contributed by atoms with van der Waals surface area (Å²) in [6.07, 6.45) is -6.67. The van der Waals surface area contributed by atoms with Crippen molar-refractivity contribution in [2.45, 2.75) is 36.9 Å². The number of alkyl halides is 7. The van der Waals surface area contributed by atoms with Crippen molar-refractivity contribution in [3.05, 3.63) is 12.3 Å². The van der Waals surface area contributed by atoms with Crippen molar-refractivity contribution >= 4 is 9.52 Å². The van der Waals surface area contributed by atoms with Crippen LogP contribution < -0.4 is 0 Å². The van der Waals surface area contributed by atoms with Gasteiger partial charge in [-0.1, -0.05) is 6.92 Å². The minimum atomic E-state index is -6.24. The molecule has 0 aromatic rings. The number of halogens is 7. The summed E-state index contributed by atoms with van der Waals surface area (Å²) in [6, 6.07) is 0. The third-order valence-corrected chi connectivity index (χ3v) is 4.22. The van der Waals surface area contributed by atoms with Gasteiger partial charge in [-0.3, -0.25) is 0 Å². The molecule has 1 unspecified atom stereocenters. The normalized spacial score (nSPS) is 16.8. The van der Waals surface area contributed by atoms with Crippen molar-refractivity contribution in [1.29, 1.82) is 0 Å². The van der Waals surface area contributed by atoms with Crippen LogP contribution in [0.3, 0.4) is 0 Å². The molecule has 0 saturated carbocycles. The Hall–Kier alpha value is -0.533. The Kier molecular flexibility index (Phi) is 4.61. The van der Waals surface area contributed by atoms with Crippen LogP contribution in [0.25, 0.3) is 0 Å². The summed E-state index contributed by atoms with van der Waals surface area (Å²) in [5.41, 5.74) is -0.907. The summed E-state index contributed by atoms with van der Waals surface area (Å²) in [4.78, 5) is 0. The maximum absolute atomic E-state index is 13.1. The van der Waals surface area contributed by atoms with Gasteiger partial charge in [0.2, 0.25) is 0 Å². The highest BCUT2D eigenvalue weighted by atomic mass is 28.2. The lowest BCUT2D eigenvalue weighted by Crippen LogP contribution is -2.54. The van der Waals surface area contributed by atoms with Gasteiger partial charge in [-0.05, 0) is 6.42 Å². The van der Waals surface area contributed by atoms with Crippen molar-refractivity contribution in [3.8, 4) is 0 Å². The van der Waals surface area contributed by atoms with Gasteiger partial charge in [-0.25, -0.2) is 0 Å². The number of hydrogen-bond donors (Lipinski definition) is 0. The molecule has 16 heavy (non-hydrogen) atoms. The quantitative estimate of drug-likeness (QED) is 0.530. The summed E-state index contributed by atoms with van der Waals surface area (Å²) in [5, 5.41) is 0. The van der Waals surface area contributed by atoms with E-state index in [0.29, 0.717) is 0 Å². The Morgan fingerprint density at radius 1 is 1.12 bits per heavy atom. The summed E-state index contributed by atoms with van der Waals surface area (Å²) in [5.74, 6) is -11.1. The third-order valence-electron chi connectivity index (χ3n) is 2.23. The molecule has 0 aromatic heterocycles. The maximum atomic E-state index is 13.1. The molecule has 0 N–H and O–H groups in total. The van der Waals surface area contributed by atoms with Gasteiger partial charge in [-0.15, -0.1) is 12.3 Å². The molecule has 0 nitrogen and oxygen atoms in total. The molecular formula is C8H11F7Si. The van der Waals surface area contributed by atoms with E-state index in [4.69, 9.17) is 0 Å². The van der Waals surface area contributed by atoms with E-state index in [-0.39, 0.29) is 0 Å². The molecule has 0 bridgehead atoms. The third kappa shape index (κ3) is 2.58. The van der Waals surface area contributed by atoms with Crippen molar-refractivity contribution in [2.24, 2.45) is 0 Å². The van der Waals surface area contributed by atoms with Crippen LogP contribution >= 0.6 is 0 Å². The average molecular weight is 268 g/mol. The van der Waals surface area contributed by atoms with E-state index < -0.39 is 39.5 Å². The van der Waals surface area contributed by atoms with E-state index in [1.807, 2.05) is 0 Å². The average Bonchev–Trinajstić information content (AvgIpc) is 2.11. The predicted molar refractivity (Wildman–Crippen MR) is 48.7 cm³/mol. The van der Waals surface area contributed by atoms with Crippen molar-refractivity contribution in [3.63, 3.8) is 0 Å². The van der Waals surface area contributed by atoms with Crippen LogP contribution in [0.1, 0.15) is 13.3 Å². The number of rotatable bonds is 5. The second kappa shape index (κ2) is 4.76. The van der Waals surface area contributed by atoms with Crippen LogP contribution in [0, 0.1) is 0 Å². The fourth-order valence-electron chi connectivity index (χ4n) is 1.22. The summed E-state index contributed by atoms with van der Waals surface area (Å²) in [6.45, 7) is 4.26. The highest BCUT2D eigenvalue weighted by molar-refractivity contribution is 6.44. The van der Waals surface area contributed by atoms with E-state index in [0.717, 1.165) is 12.6 Å². The van der Waals surface area contributed by atoms with Crippen LogP contribution in [0.2, 0.25) is 5.54 Å². The molecule has 8 heteroatoms.